The number of hydrogen-bond donors (Lipinski definition) is 1. The van der Waals surface area contributed by atoms with Crippen molar-refractivity contribution in [2.24, 2.45) is 0 Å². The van der Waals surface area contributed by atoms with Crippen LogP contribution in [0.15, 0.2) is 18.2 Å². The number of benzene rings is 1. The van der Waals surface area contributed by atoms with Crippen LogP contribution in [0.2, 0.25) is 0 Å². The average Bonchev–Trinajstić information content (AvgIpc) is 3.11. The first-order valence-electron chi connectivity index (χ1n) is 7.23. The molecule has 1 atom stereocenters. The van der Waals surface area contributed by atoms with Gasteiger partial charge in [0, 0.05) is 25.8 Å². The highest BCUT2D eigenvalue weighted by Gasteiger charge is 2.29. The zero-order chi connectivity index (χ0) is 12.4. The fourth-order valence-electron chi connectivity index (χ4n) is 2.94. The second-order valence-electron chi connectivity index (χ2n) is 5.66. The predicted octanol–water partition coefficient (Wildman–Crippen LogP) is 3.00. The second-order valence-corrected chi connectivity index (χ2v) is 5.66. The molecule has 3 rings (SSSR count). The summed E-state index contributed by atoms with van der Waals surface area (Å²) >= 11 is 0. The van der Waals surface area contributed by atoms with E-state index in [4.69, 9.17) is 4.74 Å². The first kappa shape index (κ1) is 12.2. The van der Waals surface area contributed by atoms with Gasteiger partial charge in [0.25, 0.3) is 0 Å². The van der Waals surface area contributed by atoms with Gasteiger partial charge in [-0.3, -0.25) is 0 Å². The van der Waals surface area contributed by atoms with E-state index in [0.29, 0.717) is 6.04 Å². The van der Waals surface area contributed by atoms with E-state index < -0.39 is 0 Å². The Labute approximate surface area is 110 Å². The number of nitrogens with one attached hydrogen (secondary N) is 1. The SMILES string of the molecule is COCCCc1ccc2c(c1)C(NC1CC1)CC2. The Kier molecular flexibility index (Phi) is 3.67. The lowest BCUT2D eigenvalue weighted by atomic mass is 10.0. The molecule has 2 aliphatic rings. The van der Waals surface area contributed by atoms with Crippen LogP contribution in [0.25, 0.3) is 0 Å². The maximum atomic E-state index is 5.13. The molecule has 0 aliphatic heterocycles. The third-order valence-corrected chi connectivity index (χ3v) is 4.12. The highest BCUT2D eigenvalue weighted by atomic mass is 16.5. The molecule has 18 heavy (non-hydrogen) atoms. The summed E-state index contributed by atoms with van der Waals surface area (Å²) in [7, 11) is 1.78. The van der Waals surface area contributed by atoms with E-state index in [1.165, 1.54) is 31.2 Å². The minimum absolute atomic E-state index is 0.620. The Hall–Kier alpha value is -0.860. The quantitative estimate of drug-likeness (QED) is 0.778. The maximum absolute atomic E-state index is 5.13. The number of ether oxygens (including phenoxy) is 1. The molecule has 1 saturated carbocycles. The van der Waals surface area contributed by atoms with Crippen molar-refractivity contribution in [2.45, 2.75) is 50.6 Å². The number of aryl methyl sites for hydroxylation is 2. The second kappa shape index (κ2) is 5.41. The summed E-state index contributed by atoms with van der Waals surface area (Å²) in [6, 6.07) is 8.49. The number of rotatable bonds is 6. The Balaban J connectivity index is 1.67. The van der Waals surface area contributed by atoms with Crippen LogP contribution in [0.3, 0.4) is 0 Å². The van der Waals surface area contributed by atoms with Crippen molar-refractivity contribution < 1.29 is 4.74 Å². The Morgan fingerprint density at radius 2 is 2.17 bits per heavy atom. The van der Waals surface area contributed by atoms with Gasteiger partial charge >= 0.3 is 0 Å². The molecule has 2 nitrogen and oxygen atoms in total. The number of hydrogen-bond acceptors (Lipinski definition) is 2. The zero-order valence-corrected chi connectivity index (χ0v) is 11.2. The molecule has 1 fully saturated rings. The van der Waals surface area contributed by atoms with Gasteiger partial charge in [-0.05, 0) is 55.2 Å². The average molecular weight is 245 g/mol. The highest BCUT2D eigenvalue weighted by molar-refractivity contribution is 5.38. The van der Waals surface area contributed by atoms with Crippen LogP contribution in [-0.2, 0) is 17.6 Å². The summed E-state index contributed by atoms with van der Waals surface area (Å²) in [6.07, 6.45) is 7.54. The van der Waals surface area contributed by atoms with Crippen molar-refractivity contribution in [3.05, 3.63) is 34.9 Å². The lowest BCUT2D eigenvalue weighted by molar-refractivity contribution is 0.195. The molecule has 1 N–H and O–H groups in total. The maximum Gasteiger partial charge on any atom is 0.0465 e. The molecule has 0 spiro atoms. The van der Waals surface area contributed by atoms with Crippen molar-refractivity contribution in [3.8, 4) is 0 Å². The molecule has 0 saturated heterocycles. The van der Waals surface area contributed by atoms with Gasteiger partial charge in [-0.2, -0.15) is 0 Å². The summed E-state index contributed by atoms with van der Waals surface area (Å²) in [5.74, 6) is 0. The predicted molar refractivity (Wildman–Crippen MR) is 73.9 cm³/mol. The lowest BCUT2D eigenvalue weighted by Gasteiger charge is -2.14. The molecule has 2 aliphatic carbocycles. The monoisotopic (exact) mass is 245 g/mol. The van der Waals surface area contributed by atoms with E-state index in [1.54, 1.807) is 18.2 Å². The van der Waals surface area contributed by atoms with Crippen molar-refractivity contribution in [1.29, 1.82) is 0 Å². The third-order valence-electron chi connectivity index (χ3n) is 4.12. The lowest BCUT2D eigenvalue weighted by Crippen LogP contribution is -2.21. The van der Waals surface area contributed by atoms with Gasteiger partial charge in [0.05, 0.1) is 0 Å². The van der Waals surface area contributed by atoms with Crippen molar-refractivity contribution in [3.63, 3.8) is 0 Å². The summed E-state index contributed by atoms with van der Waals surface area (Å²) in [6.45, 7) is 0.862. The fourth-order valence-corrected chi connectivity index (χ4v) is 2.94. The first-order valence-corrected chi connectivity index (χ1v) is 7.23. The summed E-state index contributed by atoms with van der Waals surface area (Å²) in [5.41, 5.74) is 4.59. The Bertz CT molecular complexity index is 412. The van der Waals surface area contributed by atoms with Crippen LogP contribution in [0.5, 0.6) is 0 Å². The smallest absolute Gasteiger partial charge is 0.0465 e. The summed E-state index contributed by atoms with van der Waals surface area (Å²) < 4.78 is 5.13. The van der Waals surface area contributed by atoms with E-state index in [1.807, 2.05) is 0 Å². The van der Waals surface area contributed by atoms with Gasteiger partial charge in [-0.15, -0.1) is 0 Å². The molecule has 1 unspecified atom stereocenters. The molecular formula is C16H23NO. The largest absolute Gasteiger partial charge is 0.385 e. The minimum Gasteiger partial charge on any atom is -0.385 e. The van der Waals surface area contributed by atoms with E-state index in [9.17, 15) is 0 Å². The molecule has 98 valence electrons. The van der Waals surface area contributed by atoms with Gasteiger partial charge in [0.1, 0.15) is 0 Å². The summed E-state index contributed by atoms with van der Waals surface area (Å²) in [4.78, 5) is 0. The molecule has 0 bridgehead atoms. The Morgan fingerprint density at radius 1 is 1.28 bits per heavy atom. The van der Waals surface area contributed by atoms with Crippen LogP contribution in [-0.4, -0.2) is 19.8 Å². The minimum atomic E-state index is 0.620. The van der Waals surface area contributed by atoms with Crippen LogP contribution in [0.1, 0.15) is 48.4 Å². The van der Waals surface area contributed by atoms with Gasteiger partial charge < -0.3 is 10.1 Å². The summed E-state index contributed by atoms with van der Waals surface area (Å²) in [5, 5.41) is 3.78. The molecule has 0 radical (unpaired) electrons. The standard InChI is InChI=1S/C16H23NO/c1-18-10-2-3-12-4-5-13-6-9-16(15(13)11-12)17-14-7-8-14/h4-5,11,14,16-17H,2-3,6-10H2,1H3. The van der Waals surface area contributed by atoms with E-state index in [0.717, 1.165) is 25.5 Å². The third kappa shape index (κ3) is 2.76. The zero-order valence-electron chi connectivity index (χ0n) is 11.2. The first-order chi connectivity index (χ1) is 8.86. The van der Waals surface area contributed by atoms with E-state index >= 15 is 0 Å². The normalized spacial score (nSPS) is 22.2. The van der Waals surface area contributed by atoms with Crippen LogP contribution in [0.4, 0.5) is 0 Å². The van der Waals surface area contributed by atoms with Gasteiger partial charge in [-0.25, -0.2) is 0 Å². The van der Waals surface area contributed by atoms with Gasteiger partial charge in [0.2, 0.25) is 0 Å². The van der Waals surface area contributed by atoms with E-state index in [2.05, 4.69) is 23.5 Å². The van der Waals surface area contributed by atoms with Crippen LogP contribution >= 0.6 is 0 Å². The number of fused-ring (bicyclic) bond motifs is 1. The van der Waals surface area contributed by atoms with Crippen LogP contribution < -0.4 is 5.32 Å². The van der Waals surface area contributed by atoms with Crippen molar-refractivity contribution >= 4 is 0 Å². The topological polar surface area (TPSA) is 21.3 Å². The Morgan fingerprint density at radius 3 is 2.94 bits per heavy atom. The number of methoxy groups -OCH3 is 1. The van der Waals surface area contributed by atoms with Crippen molar-refractivity contribution in [2.75, 3.05) is 13.7 Å². The van der Waals surface area contributed by atoms with Crippen molar-refractivity contribution in [1.82, 2.24) is 5.32 Å². The molecular weight excluding hydrogens is 222 g/mol. The molecule has 0 amide bonds. The molecule has 2 heteroatoms. The molecule has 0 aromatic heterocycles. The molecule has 0 heterocycles. The molecule has 1 aromatic carbocycles. The highest BCUT2D eigenvalue weighted by Crippen LogP contribution is 2.35. The fraction of sp³-hybridized carbons (Fsp3) is 0.625. The van der Waals surface area contributed by atoms with E-state index in [-0.39, 0.29) is 0 Å². The molecule has 1 aromatic rings. The van der Waals surface area contributed by atoms with Crippen LogP contribution in [0, 0.1) is 0 Å². The van der Waals surface area contributed by atoms with Gasteiger partial charge in [-0.1, -0.05) is 18.2 Å². The van der Waals surface area contributed by atoms with Gasteiger partial charge in [0.15, 0.2) is 0 Å².